The topological polar surface area (TPSA) is 38.5 Å². The van der Waals surface area contributed by atoms with Crippen molar-refractivity contribution >= 4 is 21.6 Å². The van der Waals surface area contributed by atoms with Gasteiger partial charge >= 0.3 is 0 Å². The lowest BCUT2D eigenvalue weighted by atomic mass is 10.1. The van der Waals surface area contributed by atoms with Crippen LogP contribution in [0.5, 0.6) is 5.75 Å². The number of benzene rings is 2. The Morgan fingerprint density at radius 2 is 1.80 bits per heavy atom. The highest BCUT2D eigenvalue weighted by atomic mass is 79.9. The number of anilines is 1. The number of nitrogen functional groups attached to an aromatic ring is 1. The Bertz CT molecular complexity index is 586. The summed E-state index contributed by atoms with van der Waals surface area (Å²) in [5.74, 6) is 0.892. The first-order valence-electron chi connectivity index (χ1n) is 6.44. The molecule has 2 aromatic carbocycles. The van der Waals surface area contributed by atoms with E-state index in [9.17, 15) is 0 Å². The van der Waals surface area contributed by atoms with Crippen molar-refractivity contribution in [3.05, 3.63) is 58.1 Å². The van der Waals surface area contributed by atoms with Crippen LogP contribution < -0.4 is 10.5 Å². The molecule has 0 heterocycles. The Labute approximate surface area is 128 Å². The van der Waals surface area contributed by atoms with Gasteiger partial charge in [-0.15, -0.1) is 0 Å². The monoisotopic (exact) mass is 334 g/mol. The molecule has 106 valence electrons. The average Bonchev–Trinajstić information content (AvgIpc) is 2.43. The summed E-state index contributed by atoms with van der Waals surface area (Å²) in [5, 5.41) is 0. The second kappa shape index (κ2) is 6.77. The van der Waals surface area contributed by atoms with Crippen LogP contribution in [-0.2, 0) is 13.1 Å². The second-order valence-corrected chi connectivity index (χ2v) is 5.73. The van der Waals surface area contributed by atoms with Crippen LogP contribution in [0, 0.1) is 0 Å². The summed E-state index contributed by atoms with van der Waals surface area (Å²) in [7, 11) is 3.78. The maximum absolute atomic E-state index is 5.90. The van der Waals surface area contributed by atoms with Gasteiger partial charge in [-0.05, 0) is 58.4 Å². The number of halogens is 1. The van der Waals surface area contributed by atoms with Crippen LogP contribution in [0.4, 0.5) is 5.69 Å². The molecule has 20 heavy (non-hydrogen) atoms. The number of rotatable bonds is 5. The van der Waals surface area contributed by atoms with Gasteiger partial charge in [0, 0.05) is 23.2 Å². The van der Waals surface area contributed by atoms with E-state index >= 15 is 0 Å². The maximum atomic E-state index is 5.90. The van der Waals surface area contributed by atoms with Crippen molar-refractivity contribution in [3.8, 4) is 5.75 Å². The van der Waals surface area contributed by atoms with Crippen LogP contribution in [0.1, 0.15) is 11.1 Å². The van der Waals surface area contributed by atoms with Crippen molar-refractivity contribution in [2.45, 2.75) is 13.1 Å². The lowest BCUT2D eigenvalue weighted by Gasteiger charge is -2.17. The molecule has 0 aliphatic heterocycles. The molecule has 0 aliphatic carbocycles. The number of hydrogen-bond donors (Lipinski definition) is 1. The molecule has 0 bridgehead atoms. The molecule has 0 fully saturated rings. The number of nitrogens with zero attached hydrogens (tertiary/aromatic N) is 1. The van der Waals surface area contributed by atoms with E-state index < -0.39 is 0 Å². The standard InChI is InChI=1S/C16H19BrN2O/c1-19(10-12-4-3-5-14(8-12)20-2)11-13-6-7-15(17)16(18)9-13/h3-9H,10-11,18H2,1-2H3. The Hall–Kier alpha value is -1.52. The molecule has 2 aromatic rings. The van der Waals surface area contributed by atoms with Gasteiger partial charge < -0.3 is 10.5 Å². The van der Waals surface area contributed by atoms with Gasteiger partial charge in [-0.25, -0.2) is 0 Å². The lowest BCUT2D eigenvalue weighted by Crippen LogP contribution is -2.17. The molecule has 2 N–H and O–H groups in total. The quantitative estimate of drug-likeness (QED) is 0.848. The number of hydrogen-bond acceptors (Lipinski definition) is 3. The largest absolute Gasteiger partial charge is 0.497 e. The number of nitrogens with two attached hydrogens (primary N) is 1. The Balaban J connectivity index is 2.00. The minimum Gasteiger partial charge on any atom is -0.497 e. The van der Waals surface area contributed by atoms with Gasteiger partial charge in [0.1, 0.15) is 5.75 Å². The fraction of sp³-hybridized carbons (Fsp3) is 0.250. The SMILES string of the molecule is COc1cccc(CN(C)Cc2ccc(Br)c(N)c2)c1. The minimum absolute atomic E-state index is 0.775. The first-order chi connectivity index (χ1) is 9.58. The lowest BCUT2D eigenvalue weighted by molar-refractivity contribution is 0.318. The van der Waals surface area contributed by atoms with E-state index in [2.05, 4.69) is 46.1 Å². The summed E-state index contributed by atoms with van der Waals surface area (Å²) in [6.45, 7) is 1.72. The van der Waals surface area contributed by atoms with E-state index in [4.69, 9.17) is 10.5 Å². The van der Waals surface area contributed by atoms with Crippen molar-refractivity contribution in [2.75, 3.05) is 19.9 Å². The van der Waals surface area contributed by atoms with Gasteiger partial charge in [0.25, 0.3) is 0 Å². The van der Waals surface area contributed by atoms with Gasteiger partial charge in [0.2, 0.25) is 0 Å². The van der Waals surface area contributed by atoms with Crippen LogP contribution in [0.25, 0.3) is 0 Å². The molecule has 3 nitrogen and oxygen atoms in total. The average molecular weight is 335 g/mol. The minimum atomic E-state index is 0.775. The summed E-state index contributed by atoms with van der Waals surface area (Å²) in [4.78, 5) is 2.25. The van der Waals surface area contributed by atoms with E-state index in [1.54, 1.807) is 7.11 Å². The van der Waals surface area contributed by atoms with Gasteiger partial charge in [0.15, 0.2) is 0 Å². The highest BCUT2D eigenvalue weighted by Crippen LogP contribution is 2.21. The molecule has 0 saturated carbocycles. The molecule has 0 amide bonds. The third-order valence-electron chi connectivity index (χ3n) is 3.10. The zero-order valence-electron chi connectivity index (χ0n) is 11.8. The zero-order chi connectivity index (χ0) is 14.5. The molecule has 0 saturated heterocycles. The van der Waals surface area contributed by atoms with Crippen LogP contribution >= 0.6 is 15.9 Å². The van der Waals surface area contributed by atoms with Gasteiger partial charge in [-0.1, -0.05) is 18.2 Å². The Morgan fingerprint density at radius 3 is 2.45 bits per heavy atom. The van der Waals surface area contributed by atoms with Gasteiger partial charge in [-0.2, -0.15) is 0 Å². The molecule has 0 spiro atoms. The van der Waals surface area contributed by atoms with Crippen molar-refractivity contribution in [3.63, 3.8) is 0 Å². The molecule has 4 heteroatoms. The van der Waals surface area contributed by atoms with Crippen molar-refractivity contribution in [2.24, 2.45) is 0 Å². The van der Waals surface area contributed by atoms with Gasteiger partial charge in [0.05, 0.1) is 7.11 Å². The highest BCUT2D eigenvalue weighted by Gasteiger charge is 2.04. The van der Waals surface area contributed by atoms with E-state index in [1.165, 1.54) is 11.1 Å². The summed E-state index contributed by atoms with van der Waals surface area (Å²) in [6.07, 6.45) is 0. The fourth-order valence-electron chi connectivity index (χ4n) is 2.14. The molecule has 0 aliphatic rings. The Kier molecular flexibility index (Phi) is 5.04. The van der Waals surface area contributed by atoms with Crippen molar-refractivity contribution in [1.29, 1.82) is 0 Å². The van der Waals surface area contributed by atoms with Crippen LogP contribution in [-0.4, -0.2) is 19.1 Å². The first-order valence-corrected chi connectivity index (χ1v) is 7.23. The second-order valence-electron chi connectivity index (χ2n) is 4.88. The maximum Gasteiger partial charge on any atom is 0.119 e. The van der Waals surface area contributed by atoms with E-state index in [1.807, 2.05) is 24.3 Å². The third kappa shape index (κ3) is 3.99. The van der Waals surface area contributed by atoms with Gasteiger partial charge in [-0.3, -0.25) is 4.90 Å². The number of methoxy groups -OCH3 is 1. The molecule has 0 unspecified atom stereocenters. The summed E-state index contributed by atoms with van der Waals surface area (Å²) in [5.41, 5.74) is 9.12. The molecular weight excluding hydrogens is 316 g/mol. The molecular formula is C16H19BrN2O. The normalized spacial score (nSPS) is 10.8. The molecule has 0 atom stereocenters. The van der Waals surface area contributed by atoms with Crippen molar-refractivity contribution in [1.82, 2.24) is 4.90 Å². The molecule has 2 rings (SSSR count). The summed E-state index contributed by atoms with van der Waals surface area (Å²) >= 11 is 3.41. The Morgan fingerprint density at radius 1 is 1.10 bits per heavy atom. The van der Waals surface area contributed by atoms with Crippen LogP contribution in [0.3, 0.4) is 0 Å². The third-order valence-corrected chi connectivity index (χ3v) is 3.82. The highest BCUT2D eigenvalue weighted by molar-refractivity contribution is 9.10. The first kappa shape index (κ1) is 14.9. The predicted molar refractivity (Wildman–Crippen MR) is 86.7 cm³/mol. The summed E-state index contributed by atoms with van der Waals surface area (Å²) < 4.78 is 6.18. The zero-order valence-corrected chi connectivity index (χ0v) is 13.4. The predicted octanol–water partition coefficient (Wildman–Crippen LogP) is 3.67. The summed E-state index contributed by atoms with van der Waals surface area (Å²) in [6, 6.07) is 14.2. The fourth-order valence-corrected chi connectivity index (χ4v) is 2.39. The molecule has 0 aromatic heterocycles. The smallest absolute Gasteiger partial charge is 0.119 e. The van der Waals surface area contributed by atoms with E-state index in [0.717, 1.165) is 29.0 Å². The van der Waals surface area contributed by atoms with Crippen LogP contribution in [0.15, 0.2) is 46.9 Å². The van der Waals surface area contributed by atoms with E-state index in [0.29, 0.717) is 0 Å². The van der Waals surface area contributed by atoms with Crippen LogP contribution in [0.2, 0.25) is 0 Å². The van der Waals surface area contributed by atoms with Crippen molar-refractivity contribution < 1.29 is 4.74 Å². The number of ether oxygens (including phenoxy) is 1. The van der Waals surface area contributed by atoms with E-state index in [-0.39, 0.29) is 0 Å². The molecule has 0 radical (unpaired) electrons.